The molecule has 0 aliphatic rings. The monoisotopic (exact) mass is 212 g/mol. The molecule has 3 heterocycles. The lowest BCUT2D eigenvalue weighted by molar-refractivity contribution is 0.745. The van der Waals surface area contributed by atoms with E-state index in [0.717, 1.165) is 0 Å². The minimum Gasteiger partial charge on any atom is -0.267 e. The number of aromatic nitrogens is 4. The van der Waals surface area contributed by atoms with Crippen LogP contribution >= 0.6 is 0 Å². The minimum atomic E-state index is -0.124. The fourth-order valence-electron chi connectivity index (χ4n) is 1.62. The Morgan fingerprint density at radius 1 is 1.00 bits per heavy atom. The van der Waals surface area contributed by atoms with Gasteiger partial charge in [-0.15, -0.1) is 0 Å². The normalized spacial score (nSPS) is 10.8. The topological polar surface area (TPSA) is 52.2 Å². The fraction of sp³-hybridized carbons (Fsp3) is 0. The zero-order valence-corrected chi connectivity index (χ0v) is 8.32. The Balaban J connectivity index is 2.38. The van der Waals surface area contributed by atoms with E-state index in [1.54, 1.807) is 23.1 Å². The van der Waals surface area contributed by atoms with Gasteiger partial charge in [-0.3, -0.25) is 4.79 Å². The highest BCUT2D eigenvalue weighted by Crippen LogP contribution is 2.05. The molecule has 3 rings (SSSR count). The summed E-state index contributed by atoms with van der Waals surface area (Å²) in [6, 6.07) is 8.73. The van der Waals surface area contributed by atoms with Crippen molar-refractivity contribution in [3.63, 3.8) is 0 Å². The predicted molar refractivity (Wildman–Crippen MR) is 58.6 cm³/mol. The summed E-state index contributed by atoms with van der Waals surface area (Å²) in [5.74, 6) is 0.688. The number of nitrogens with zero attached hydrogens (tertiary/aromatic N) is 4. The van der Waals surface area contributed by atoms with Gasteiger partial charge in [0.1, 0.15) is 0 Å². The minimum absolute atomic E-state index is 0.124. The van der Waals surface area contributed by atoms with Gasteiger partial charge in [-0.1, -0.05) is 6.07 Å². The highest BCUT2D eigenvalue weighted by Gasteiger charge is 2.04. The van der Waals surface area contributed by atoms with Crippen molar-refractivity contribution in [3.8, 4) is 5.82 Å². The van der Waals surface area contributed by atoms with Crippen molar-refractivity contribution in [2.24, 2.45) is 0 Å². The average Bonchev–Trinajstić information content (AvgIpc) is 2.75. The third-order valence-electron chi connectivity index (χ3n) is 2.31. The van der Waals surface area contributed by atoms with E-state index in [1.165, 1.54) is 16.8 Å². The third-order valence-corrected chi connectivity index (χ3v) is 2.31. The van der Waals surface area contributed by atoms with Crippen LogP contribution in [0, 0.1) is 0 Å². The Bertz CT molecular complexity index is 684. The van der Waals surface area contributed by atoms with E-state index in [2.05, 4.69) is 9.97 Å². The molecule has 0 N–H and O–H groups in total. The molecule has 0 radical (unpaired) electrons. The van der Waals surface area contributed by atoms with Crippen LogP contribution in [0.15, 0.2) is 53.7 Å². The molecule has 0 spiro atoms. The van der Waals surface area contributed by atoms with Crippen LogP contribution in [0.25, 0.3) is 11.5 Å². The van der Waals surface area contributed by atoms with Crippen molar-refractivity contribution in [1.82, 2.24) is 19.2 Å². The van der Waals surface area contributed by atoms with Gasteiger partial charge in [0.25, 0.3) is 5.56 Å². The maximum atomic E-state index is 11.7. The molecule has 0 aliphatic heterocycles. The SMILES string of the molecule is O=c1ccnc2ccn(-c3ccccn3)n12. The first-order chi connectivity index (χ1) is 7.86. The molecule has 5 nitrogen and oxygen atoms in total. The molecular weight excluding hydrogens is 204 g/mol. The molecule has 3 aromatic rings. The summed E-state index contributed by atoms with van der Waals surface area (Å²) < 4.78 is 3.15. The van der Waals surface area contributed by atoms with Gasteiger partial charge in [-0.2, -0.15) is 4.52 Å². The van der Waals surface area contributed by atoms with Crippen LogP contribution in [0.5, 0.6) is 0 Å². The Kier molecular flexibility index (Phi) is 1.83. The fourth-order valence-corrected chi connectivity index (χ4v) is 1.62. The number of hydrogen-bond donors (Lipinski definition) is 0. The van der Waals surface area contributed by atoms with Crippen LogP contribution in [0.3, 0.4) is 0 Å². The lowest BCUT2D eigenvalue weighted by atomic mass is 10.5. The van der Waals surface area contributed by atoms with Crippen LogP contribution in [-0.4, -0.2) is 19.2 Å². The summed E-state index contributed by atoms with van der Waals surface area (Å²) in [7, 11) is 0. The maximum absolute atomic E-state index is 11.7. The summed E-state index contributed by atoms with van der Waals surface area (Å²) in [4.78, 5) is 20.0. The van der Waals surface area contributed by atoms with Crippen LogP contribution < -0.4 is 5.56 Å². The van der Waals surface area contributed by atoms with Gasteiger partial charge in [0, 0.05) is 30.7 Å². The summed E-state index contributed by atoms with van der Waals surface area (Å²) >= 11 is 0. The average molecular weight is 212 g/mol. The molecule has 0 unspecified atom stereocenters. The van der Waals surface area contributed by atoms with Crippen molar-refractivity contribution in [3.05, 3.63) is 59.3 Å². The molecule has 0 amide bonds. The van der Waals surface area contributed by atoms with E-state index in [1.807, 2.05) is 18.2 Å². The van der Waals surface area contributed by atoms with Gasteiger partial charge in [0.15, 0.2) is 11.5 Å². The molecule has 0 atom stereocenters. The van der Waals surface area contributed by atoms with Crippen LogP contribution in [-0.2, 0) is 0 Å². The van der Waals surface area contributed by atoms with Gasteiger partial charge >= 0.3 is 0 Å². The Labute approximate surface area is 90.6 Å². The highest BCUT2D eigenvalue weighted by molar-refractivity contribution is 5.38. The first-order valence-electron chi connectivity index (χ1n) is 4.83. The molecular formula is C11H8N4O. The molecule has 16 heavy (non-hydrogen) atoms. The van der Waals surface area contributed by atoms with Gasteiger partial charge in [-0.25, -0.2) is 14.6 Å². The van der Waals surface area contributed by atoms with Crippen molar-refractivity contribution in [2.75, 3.05) is 0 Å². The quantitative estimate of drug-likeness (QED) is 0.601. The molecule has 0 saturated heterocycles. The summed E-state index contributed by atoms with van der Waals surface area (Å²) in [6.45, 7) is 0. The summed E-state index contributed by atoms with van der Waals surface area (Å²) in [5, 5.41) is 0. The van der Waals surface area contributed by atoms with Gasteiger partial charge < -0.3 is 0 Å². The van der Waals surface area contributed by atoms with Gasteiger partial charge in [0.2, 0.25) is 0 Å². The molecule has 0 aromatic carbocycles. The first-order valence-corrected chi connectivity index (χ1v) is 4.83. The second-order valence-corrected chi connectivity index (χ2v) is 3.30. The summed E-state index contributed by atoms with van der Waals surface area (Å²) in [6.07, 6.45) is 4.95. The van der Waals surface area contributed by atoms with Crippen LogP contribution in [0.1, 0.15) is 0 Å². The van der Waals surface area contributed by atoms with E-state index >= 15 is 0 Å². The lowest BCUT2D eigenvalue weighted by Crippen LogP contribution is -2.19. The second-order valence-electron chi connectivity index (χ2n) is 3.30. The van der Waals surface area contributed by atoms with Gasteiger partial charge in [0.05, 0.1) is 0 Å². The molecule has 0 aliphatic carbocycles. The molecule has 0 fully saturated rings. The zero-order chi connectivity index (χ0) is 11.0. The van der Waals surface area contributed by atoms with E-state index in [0.29, 0.717) is 11.5 Å². The first kappa shape index (κ1) is 8.84. The predicted octanol–water partition coefficient (Wildman–Crippen LogP) is 0.880. The largest absolute Gasteiger partial charge is 0.273 e. The van der Waals surface area contributed by atoms with Crippen molar-refractivity contribution < 1.29 is 0 Å². The molecule has 3 aromatic heterocycles. The van der Waals surface area contributed by atoms with Gasteiger partial charge in [-0.05, 0) is 12.1 Å². The lowest BCUT2D eigenvalue weighted by Gasteiger charge is -2.03. The van der Waals surface area contributed by atoms with Crippen LogP contribution in [0.4, 0.5) is 0 Å². The Morgan fingerprint density at radius 3 is 2.75 bits per heavy atom. The maximum Gasteiger partial charge on any atom is 0.273 e. The number of rotatable bonds is 1. The van der Waals surface area contributed by atoms with E-state index in [4.69, 9.17) is 0 Å². The van der Waals surface area contributed by atoms with Crippen molar-refractivity contribution in [1.29, 1.82) is 0 Å². The summed E-state index contributed by atoms with van der Waals surface area (Å²) in [5.41, 5.74) is 0.485. The van der Waals surface area contributed by atoms with E-state index in [-0.39, 0.29) is 5.56 Å². The van der Waals surface area contributed by atoms with Crippen molar-refractivity contribution >= 4 is 5.65 Å². The molecule has 0 saturated carbocycles. The number of fused-ring (bicyclic) bond motifs is 1. The molecule has 0 bridgehead atoms. The highest BCUT2D eigenvalue weighted by atomic mass is 16.1. The molecule has 78 valence electrons. The number of pyridine rings is 1. The molecule has 5 heteroatoms. The van der Waals surface area contributed by atoms with E-state index in [9.17, 15) is 4.79 Å². The smallest absolute Gasteiger partial charge is 0.267 e. The zero-order valence-electron chi connectivity index (χ0n) is 8.32. The Morgan fingerprint density at radius 2 is 1.94 bits per heavy atom. The number of hydrogen-bond acceptors (Lipinski definition) is 3. The second kappa shape index (κ2) is 3.30. The van der Waals surface area contributed by atoms with E-state index < -0.39 is 0 Å². The van der Waals surface area contributed by atoms with Crippen LogP contribution in [0.2, 0.25) is 0 Å². The Hall–Kier alpha value is -2.43. The third kappa shape index (κ3) is 1.22. The standard InChI is InChI=1S/C11H8N4O/c16-11-4-7-13-10-5-8-14(15(10)11)9-3-1-2-6-12-9/h1-8H. The van der Waals surface area contributed by atoms with Crippen molar-refractivity contribution in [2.45, 2.75) is 0 Å².